The van der Waals surface area contributed by atoms with Crippen LogP contribution in [0.5, 0.6) is 0 Å². The smallest absolute Gasteiger partial charge is 0.178 e. The Kier molecular flexibility index (Phi) is 3.09. The quantitative estimate of drug-likeness (QED) is 0.707. The van der Waals surface area contributed by atoms with Gasteiger partial charge in [0.25, 0.3) is 0 Å². The first-order chi connectivity index (χ1) is 8.63. The Hall–Kier alpha value is -0.980. The number of hydrogen-bond donors (Lipinski definition) is 1. The molecule has 3 aromatic rings. The molecule has 2 heterocycles. The number of H-pyrrole nitrogens is 1. The normalized spacial score (nSPS) is 11.2. The number of aromatic nitrogens is 3. The molecular formula is C12H10BrN3S2. The molecule has 92 valence electrons. The molecule has 0 aliphatic heterocycles. The molecule has 0 unspecified atom stereocenters. The van der Waals surface area contributed by atoms with Crippen LogP contribution in [0, 0.1) is 11.7 Å². The van der Waals surface area contributed by atoms with Gasteiger partial charge in [-0.1, -0.05) is 15.9 Å². The minimum atomic E-state index is 0.708. The van der Waals surface area contributed by atoms with E-state index in [4.69, 9.17) is 12.2 Å². The molecule has 0 atom stereocenters. The van der Waals surface area contributed by atoms with Crippen molar-refractivity contribution < 1.29 is 0 Å². The van der Waals surface area contributed by atoms with Gasteiger partial charge in [0.2, 0.25) is 0 Å². The summed E-state index contributed by atoms with van der Waals surface area (Å²) in [6.07, 6.45) is 0. The first kappa shape index (κ1) is 12.1. The third-order valence-electron chi connectivity index (χ3n) is 2.72. The average molecular weight is 340 g/mol. The first-order valence-corrected chi connectivity index (χ1v) is 7.50. The molecule has 1 N–H and O–H groups in total. The number of aryl methyl sites for hydroxylation is 1. The van der Waals surface area contributed by atoms with Crippen molar-refractivity contribution in [3.63, 3.8) is 0 Å². The Morgan fingerprint density at radius 2 is 2.33 bits per heavy atom. The van der Waals surface area contributed by atoms with E-state index in [0.29, 0.717) is 6.54 Å². The SMILES string of the molecule is Cc1nc(Cn2c(=S)[nH]c3ccc(Br)cc32)cs1. The fraction of sp³-hybridized carbons (Fsp3) is 0.167. The second kappa shape index (κ2) is 4.60. The van der Waals surface area contributed by atoms with Crippen molar-refractivity contribution in [2.24, 2.45) is 0 Å². The molecule has 0 radical (unpaired) electrons. The molecule has 0 saturated heterocycles. The molecule has 18 heavy (non-hydrogen) atoms. The molecular weight excluding hydrogens is 330 g/mol. The molecule has 0 amide bonds. The van der Waals surface area contributed by atoms with Crippen LogP contribution in [0.4, 0.5) is 0 Å². The first-order valence-electron chi connectivity index (χ1n) is 5.42. The lowest BCUT2D eigenvalue weighted by molar-refractivity contribution is 0.789. The summed E-state index contributed by atoms with van der Waals surface area (Å²) in [4.78, 5) is 7.70. The monoisotopic (exact) mass is 339 g/mol. The number of rotatable bonds is 2. The van der Waals surface area contributed by atoms with E-state index in [1.807, 2.05) is 19.1 Å². The van der Waals surface area contributed by atoms with Crippen LogP contribution in [0.15, 0.2) is 28.1 Å². The molecule has 2 aromatic heterocycles. The van der Waals surface area contributed by atoms with Gasteiger partial charge in [0, 0.05) is 9.85 Å². The maximum atomic E-state index is 5.37. The van der Waals surface area contributed by atoms with E-state index in [2.05, 4.69) is 41.9 Å². The van der Waals surface area contributed by atoms with Gasteiger partial charge in [-0.2, -0.15) is 0 Å². The molecule has 0 spiro atoms. The minimum absolute atomic E-state index is 0.708. The highest BCUT2D eigenvalue weighted by atomic mass is 79.9. The Balaban J connectivity index is 2.13. The number of thiazole rings is 1. The predicted molar refractivity (Wildman–Crippen MR) is 80.8 cm³/mol. The van der Waals surface area contributed by atoms with E-state index in [1.165, 1.54) is 0 Å². The minimum Gasteiger partial charge on any atom is -0.331 e. The summed E-state index contributed by atoms with van der Waals surface area (Å²) in [5, 5.41) is 3.16. The van der Waals surface area contributed by atoms with Crippen LogP contribution >= 0.6 is 39.5 Å². The lowest BCUT2D eigenvalue weighted by atomic mass is 10.3. The van der Waals surface area contributed by atoms with Crippen molar-refractivity contribution in [3.8, 4) is 0 Å². The number of fused-ring (bicyclic) bond motifs is 1. The number of nitrogens with zero attached hydrogens (tertiary/aromatic N) is 2. The van der Waals surface area contributed by atoms with Crippen LogP contribution in [-0.4, -0.2) is 14.5 Å². The molecule has 0 aliphatic carbocycles. The Morgan fingerprint density at radius 1 is 1.50 bits per heavy atom. The summed E-state index contributed by atoms with van der Waals surface area (Å²) in [5.41, 5.74) is 3.20. The summed E-state index contributed by atoms with van der Waals surface area (Å²) >= 11 is 10.5. The van der Waals surface area contributed by atoms with Gasteiger partial charge in [0.1, 0.15) is 0 Å². The number of hydrogen-bond acceptors (Lipinski definition) is 3. The number of aromatic amines is 1. The van der Waals surface area contributed by atoms with E-state index in [1.54, 1.807) is 11.3 Å². The summed E-state index contributed by atoms with van der Waals surface area (Å²) in [6.45, 7) is 2.72. The van der Waals surface area contributed by atoms with Gasteiger partial charge in [-0.3, -0.25) is 0 Å². The molecule has 3 rings (SSSR count). The zero-order valence-corrected chi connectivity index (χ0v) is 12.8. The molecule has 0 saturated carbocycles. The van der Waals surface area contributed by atoms with Crippen LogP contribution in [0.1, 0.15) is 10.7 Å². The van der Waals surface area contributed by atoms with Gasteiger partial charge < -0.3 is 9.55 Å². The molecule has 0 bridgehead atoms. The Morgan fingerprint density at radius 3 is 3.06 bits per heavy atom. The second-order valence-electron chi connectivity index (χ2n) is 4.04. The molecule has 0 aliphatic rings. The van der Waals surface area contributed by atoms with E-state index in [9.17, 15) is 0 Å². The van der Waals surface area contributed by atoms with Crippen LogP contribution < -0.4 is 0 Å². The second-order valence-corrected chi connectivity index (χ2v) is 6.40. The van der Waals surface area contributed by atoms with Crippen molar-refractivity contribution in [3.05, 3.63) is 43.5 Å². The van der Waals surface area contributed by atoms with Crippen LogP contribution in [-0.2, 0) is 6.54 Å². The number of benzene rings is 1. The standard InChI is InChI=1S/C12H10BrN3S2/c1-7-14-9(6-18-7)5-16-11-4-8(13)2-3-10(11)15-12(16)17/h2-4,6H,5H2,1H3,(H,15,17). The lowest BCUT2D eigenvalue weighted by Crippen LogP contribution is -1.99. The predicted octanol–water partition coefficient (Wildman–Crippen LogP) is 4.27. The lowest BCUT2D eigenvalue weighted by Gasteiger charge is -2.02. The summed E-state index contributed by atoms with van der Waals surface area (Å²) in [5.74, 6) is 0. The highest BCUT2D eigenvalue weighted by Crippen LogP contribution is 2.21. The van der Waals surface area contributed by atoms with E-state index >= 15 is 0 Å². The molecule has 6 heteroatoms. The number of imidazole rings is 1. The molecule has 3 nitrogen and oxygen atoms in total. The molecule has 1 aromatic carbocycles. The van der Waals surface area contributed by atoms with Gasteiger partial charge in [-0.05, 0) is 37.3 Å². The maximum absolute atomic E-state index is 5.37. The topological polar surface area (TPSA) is 33.6 Å². The van der Waals surface area contributed by atoms with Crippen LogP contribution in [0.25, 0.3) is 11.0 Å². The van der Waals surface area contributed by atoms with Gasteiger partial charge in [0.15, 0.2) is 4.77 Å². The van der Waals surface area contributed by atoms with Gasteiger partial charge >= 0.3 is 0 Å². The Labute approximate surface area is 122 Å². The zero-order valence-electron chi connectivity index (χ0n) is 9.61. The van der Waals surface area contributed by atoms with Gasteiger partial charge in [-0.15, -0.1) is 11.3 Å². The third kappa shape index (κ3) is 2.15. The van der Waals surface area contributed by atoms with Crippen molar-refractivity contribution in [2.75, 3.05) is 0 Å². The fourth-order valence-electron chi connectivity index (χ4n) is 1.93. The maximum Gasteiger partial charge on any atom is 0.178 e. The highest BCUT2D eigenvalue weighted by Gasteiger charge is 2.07. The average Bonchev–Trinajstić information content (AvgIpc) is 2.86. The summed E-state index contributed by atoms with van der Waals surface area (Å²) in [7, 11) is 0. The van der Waals surface area contributed by atoms with Crippen LogP contribution in [0.3, 0.4) is 0 Å². The van der Waals surface area contributed by atoms with Crippen molar-refractivity contribution >= 4 is 50.5 Å². The van der Waals surface area contributed by atoms with E-state index < -0.39 is 0 Å². The summed E-state index contributed by atoms with van der Waals surface area (Å²) < 4.78 is 3.85. The number of nitrogens with one attached hydrogen (secondary N) is 1. The molecule has 0 fully saturated rings. The fourth-order valence-corrected chi connectivity index (χ4v) is 3.15. The van der Waals surface area contributed by atoms with Crippen molar-refractivity contribution in [1.82, 2.24) is 14.5 Å². The van der Waals surface area contributed by atoms with Crippen molar-refractivity contribution in [2.45, 2.75) is 13.5 Å². The van der Waals surface area contributed by atoms with Gasteiger partial charge in [0.05, 0.1) is 28.3 Å². The zero-order chi connectivity index (χ0) is 12.7. The largest absolute Gasteiger partial charge is 0.331 e. The van der Waals surface area contributed by atoms with E-state index in [-0.39, 0.29) is 0 Å². The van der Waals surface area contributed by atoms with Crippen LogP contribution in [0.2, 0.25) is 0 Å². The highest BCUT2D eigenvalue weighted by molar-refractivity contribution is 9.10. The summed E-state index contributed by atoms with van der Waals surface area (Å²) in [6, 6.07) is 6.10. The van der Waals surface area contributed by atoms with Crippen molar-refractivity contribution in [1.29, 1.82) is 0 Å². The van der Waals surface area contributed by atoms with E-state index in [0.717, 1.165) is 31.0 Å². The number of halogens is 1. The Bertz CT molecular complexity index is 769. The van der Waals surface area contributed by atoms with Gasteiger partial charge in [-0.25, -0.2) is 4.98 Å². The third-order valence-corrected chi connectivity index (χ3v) is 4.36.